The minimum Gasteiger partial charge on any atom is -0.490 e. The standard InChI is InChI=1S/C20H20FN3O4/c1-28-19-7-5-15(13-18(19)24(26)27)6-8-20(25)23-11-9-22(10-12-23)17-4-2-3-16(21)14-17/h2-8,13-14H,9-12H2,1H3/b8-6+. The summed E-state index contributed by atoms with van der Waals surface area (Å²) in [5.74, 6) is -0.285. The van der Waals surface area contributed by atoms with E-state index in [2.05, 4.69) is 0 Å². The highest BCUT2D eigenvalue weighted by Crippen LogP contribution is 2.28. The first-order valence-corrected chi connectivity index (χ1v) is 8.78. The van der Waals surface area contributed by atoms with Crippen molar-refractivity contribution in [2.75, 3.05) is 38.2 Å². The largest absolute Gasteiger partial charge is 0.490 e. The van der Waals surface area contributed by atoms with Crippen LogP contribution in [-0.2, 0) is 4.79 Å². The number of benzene rings is 2. The molecule has 0 aromatic heterocycles. The van der Waals surface area contributed by atoms with Crippen LogP contribution in [0.4, 0.5) is 15.8 Å². The van der Waals surface area contributed by atoms with E-state index in [0.29, 0.717) is 31.7 Å². The molecule has 0 radical (unpaired) electrons. The fourth-order valence-corrected chi connectivity index (χ4v) is 3.08. The summed E-state index contributed by atoms with van der Waals surface area (Å²) in [7, 11) is 1.37. The molecule has 7 nitrogen and oxygen atoms in total. The molecule has 0 saturated carbocycles. The van der Waals surface area contributed by atoms with E-state index >= 15 is 0 Å². The van der Waals surface area contributed by atoms with Crippen LogP contribution in [0.5, 0.6) is 5.75 Å². The molecule has 2 aromatic carbocycles. The molecule has 0 aliphatic carbocycles. The summed E-state index contributed by atoms with van der Waals surface area (Å²) in [6, 6.07) is 10.9. The molecule has 0 unspecified atom stereocenters. The maximum Gasteiger partial charge on any atom is 0.311 e. The zero-order valence-electron chi connectivity index (χ0n) is 15.4. The molecule has 0 atom stereocenters. The number of ether oxygens (including phenoxy) is 1. The van der Waals surface area contributed by atoms with Gasteiger partial charge in [0.05, 0.1) is 12.0 Å². The number of carbonyl (C=O) groups excluding carboxylic acids is 1. The first kappa shape index (κ1) is 19.3. The maximum absolute atomic E-state index is 13.4. The van der Waals surface area contributed by atoms with Crippen LogP contribution in [0.15, 0.2) is 48.5 Å². The number of piperazine rings is 1. The second kappa shape index (κ2) is 8.51. The Morgan fingerprint density at radius 3 is 2.57 bits per heavy atom. The van der Waals surface area contributed by atoms with Crippen LogP contribution in [0.2, 0.25) is 0 Å². The Hall–Kier alpha value is -3.42. The Kier molecular flexibility index (Phi) is 5.88. The number of methoxy groups -OCH3 is 1. The van der Waals surface area contributed by atoms with E-state index in [1.54, 1.807) is 23.1 Å². The summed E-state index contributed by atoms with van der Waals surface area (Å²) in [4.78, 5) is 26.7. The molecule has 2 aromatic rings. The normalized spacial score (nSPS) is 14.4. The molecule has 1 aliphatic rings. The van der Waals surface area contributed by atoms with Crippen molar-refractivity contribution in [2.24, 2.45) is 0 Å². The highest BCUT2D eigenvalue weighted by atomic mass is 19.1. The summed E-state index contributed by atoms with van der Waals surface area (Å²) in [5.41, 5.74) is 1.19. The van der Waals surface area contributed by atoms with Crippen molar-refractivity contribution in [1.29, 1.82) is 0 Å². The van der Waals surface area contributed by atoms with Gasteiger partial charge in [0.25, 0.3) is 0 Å². The molecule has 1 aliphatic heterocycles. The molecule has 0 bridgehead atoms. The number of hydrogen-bond donors (Lipinski definition) is 0. The maximum atomic E-state index is 13.4. The Balaban J connectivity index is 1.61. The number of carbonyl (C=O) groups is 1. The molecule has 1 saturated heterocycles. The average molecular weight is 385 g/mol. The van der Waals surface area contributed by atoms with E-state index in [-0.39, 0.29) is 23.2 Å². The van der Waals surface area contributed by atoms with Gasteiger partial charge in [0.2, 0.25) is 5.91 Å². The molecule has 0 spiro atoms. The molecule has 1 heterocycles. The number of anilines is 1. The van der Waals surface area contributed by atoms with Gasteiger partial charge in [-0.3, -0.25) is 14.9 Å². The summed E-state index contributed by atoms with van der Waals surface area (Å²) in [6.45, 7) is 2.25. The van der Waals surface area contributed by atoms with Gasteiger partial charge in [-0.25, -0.2) is 4.39 Å². The van der Waals surface area contributed by atoms with Crippen LogP contribution in [0.25, 0.3) is 6.08 Å². The molecule has 28 heavy (non-hydrogen) atoms. The quantitative estimate of drug-likeness (QED) is 0.449. The molecule has 1 amide bonds. The second-order valence-corrected chi connectivity index (χ2v) is 6.31. The third-order valence-corrected chi connectivity index (χ3v) is 4.58. The van der Waals surface area contributed by atoms with Crippen molar-refractivity contribution < 1.29 is 18.8 Å². The van der Waals surface area contributed by atoms with Crippen molar-refractivity contribution in [3.05, 3.63) is 70.0 Å². The van der Waals surface area contributed by atoms with E-state index in [1.165, 1.54) is 37.5 Å². The lowest BCUT2D eigenvalue weighted by atomic mass is 10.1. The predicted molar refractivity (Wildman–Crippen MR) is 104 cm³/mol. The first-order valence-electron chi connectivity index (χ1n) is 8.78. The minimum absolute atomic E-state index is 0.152. The van der Waals surface area contributed by atoms with Gasteiger partial charge in [-0.05, 0) is 35.9 Å². The highest BCUT2D eigenvalue weighted by molar-refractivity contribution is 5.92. The van der Waals surface area contributed by atoms with Crippen LogP contribution in [0.3, 0.4) is 0 Å². The predicted octanol–water partition coefficient (Wildman–Crippen LogP) is 3.10. The van der Waals surface area contributed by atoms with Crippen LogP contribution < -0.4 is 9.64 Å². The van der Waals surface area contributed by atoms with Crippen LogP contribution in [-0.4, -0.2) is 49.0 Å². The van der Waals surface area contributed by atoms with Crippen molar-refractivity contribution in [3.8, 4) is 5.75 Å². The highest BCUT2D eigenvalue weighted by Gasteiger charge is 2.20. The molecule has 3 rings (SSSR count). The number of hydrogen-bond acceptors (Lipinski definition) is 5. The summed E-state index contributed by atoms with van der Waals surface area (Å²) < 4.78 is 18.3. The molecular weight excluding hydrogens is 365 g/mol. The van der Waals surface area contributed by atoms with Gasteiger partial charge in [0, 0.05) is 44.0 Å². The Morgan fingerprint density at radius 1 is 1.18 bits per heavy atom. The smallest absolute Gasteiger partial charge is 0.311 e. The van der Waals surface area contributed by atoms with Crippen molar-refractivity contribution in [3.63, 3.8) is 0 Å². The van der Waals surface area contributed by atoms with Crippen molar-refractivity contribution in [1.82, 2.24) is 4.90 Å². The number of amides is 1. The van der Waals surface area contributed by atoms with Gasteiger partial charge in [-0.15, -0.1) is 0 Å². The van der Waals surface area contributed by atoms with E-state index in [0.717, 1.165) is 5.69 Å². The van der Waals surface area contributed by atoms with Crippen molar-refractivity contribution in [2.45, 2.75) is 0 Å². The van der Waals surface area contributed by atoms with E-state index in [9.17, 15) is 19.3 Å². The van der Waals surface area contributed by atoms with Crippen LogP contribution >= 0.6 is 0 Å². The number of nitro benzene ring substituents is 1. The first-order chi connectivity index (χ1) is 13.5. The van der Waals surface area contributed by atoms with Gasteiger partial charge in [-0.2, -0.15) is 0 Å². The fourth-order valence-electron chi connectivity index (χ4n) is 3.08. The monoisotopic (exact) mass is 385 g/mol. The summed E-state index contributed by atoms with van der Waals surface area (Å²) in [5, 5.41) is 11.1. The molecule has 1 fully saturated rings. The van der Waals surface area contributed by atoms with E-state index in [4.69, 9.17) is 4.74 Å². The van der Waals surface area contributed by atoms with Crippen molar-refractivity contribution >= 4 is 23.4 Å². The lowest BCUT2D eigenvalue weighted by Gasteiger charge is -2.35. The molecule has 0 N–H and O–H groups in total. The lowest BCUT2D eigenvalue weighted by molar-refractivity contribution is -0.385. The van der Waals surface area contributed by atoms with Crippen LogP contribution in [0, 0.1) is 15.9 Å². The number of nitro groups is 1. The SMILES string of the molecule is COc1ccc(/C=C/C(=O)N2CCN(c3cccc(F)c3)CC2)cc1[N+](=O)[O-]. The van der Waals surface area contributed by atoms with Gasteiger partial charge < -0.3 is 14.5 Å². The molecule has 8 heteroatoms. The topological polar surface area (TPSA) is 75.9 Å². The minimum atomic E-state index is -0.524. The number of halogens is 1. The average Bonchev–Trinajstić information content (AvgIpc) is 2.71. The van der Waals surface area contributed by atoms with E-state index in [1.807, 2.05) is 11.0 Å². The van der Waals surface area contributed by atoms with Gasteiger partial charge in [0.15, 0.2) is 5.75 Å². The Labute approximate surface area is 161 Å². The third-order valence-electron chi connectivity index (χ3n) is 4.58. The Bertz CT molecular complexity index is 908. The summed E-state index contributed by atoms with van der Waals surface area (Å²) >= 11 is 0. The zero-order valence-corrected chi connectivity index (χ0v) is 15.4. The zero-order chi connectivity index (χ0) is 20.1. The third kappa shape index (κ3) is 4.46. The molecule has 146 valence electrons. The lowest BCUT2D eigenvalue weighted by Crippen LogP contribution is -2.48. The van der Waals surface area contributed by atoms with Gasteiger partial charge in [0.1, 0.15) is 5.82 Å². The Morgan fingerprint density at radius 2 is 1.93 bits per heavy atom. The summed E-state index contributed by atoms with van der Waals surface area (Å²) in [6.07, 6.45) is 2.96. The van der Waals surface area contributed by atoms with Crippen LogP contribution in [0.1, 0.15) is 5.56 Å². The van der Waals surface area contributed by atoms with Gasteiger partial charge >= 0.3 is 5.69 Å². The fraction of sp³-hybridized carbons (Fsp3) is 0.250. The molecular formula is C20H20FN3O4. The number of rotatable bonds is 5. The number of nitrogens with zero attached hydrogens (tertiary/aromatic N) is 3. The van der Waals surface area contributed by atoms with E-state index < -0.39 is 4.92 Å². The van der Waals surface area contributed by atoms with Gasteiger partial charge in [-0.1, -0.05) is 12.1 Å². The second-order valence-electron chi connectivity index (χ2n) is 6.31.